The molecule has 1 saturated carbocycles. The summed E-state index contributed by atoms with van der Waals surface area (Å²) in [5, 5.41) is 45.4. The average molecular weight is 1640 g/mol. The first-order valence-corrected chi connectivity index (χ1v) is 45.5. The molecule has 117 heavy (non-hydrogen) atoms. The molecule has 0 aromatic heterocycles. The first-order chi connectivity index (χ1) is 53.8. The summed E-state index contributed by atoms with van der Waals surface area (Å²) >= 11 is 0. The van der Waals surface area contributed by atoms with Gasteiger partial charge in [-0.1, -0.05) is 233 Å². The van der Waals surface area contributed by atoms with Crippen molar-refractivity contribution in [2.75, 3.05) is 0 Å². The van der Waals surface area contributed by atoms with Crippen molar-refractivity contribution >= 4 is 35.4 Å². The molecule has 0 saturated heterocycles. The lowest BCUT2D eigenvalue weighted by molar-refractivity contribution is -0.143. The van der Waals surface area contributed by atoms with Gasteiger partial charge in [-0.05, 0) is 263 Å². The number of carboxylic acid groups (broad SMARTS) is 3. The topological polar surface area (TPSA) is 240 Å². The first-order valence-electron chi connectivity index (χ1n) is 45.5. The van der Waals surface area contributed by atoms with E-state index >= 15 is 0 Å². The van der Waals surface area contributed by atoms with Crippen LogP contribution in [0.2, 0.25) is 0 Å². The number of ether oxygens (including phenoxy) is 4. The highest BCUT2D eigenvalue weighted by molar-refractivity contribution is 6.05. The molecule has 1 aliphatic carbocycles. The van der Waals surface area contributed by atoms with Crippen molar-refractivity contribution in [3.05, 3.63) is 66.8 Å². The number of phenols is 2. The maximum Gasteiger partial charge on any atom is 0.311 e. The zero-order valence-corrected chi connectivity index (χ0v) is 77.3. The molecular weight excluding hydrogens is 1470 g/mol. The van der Waals surface area contributed by atoms with Crippen molar-refractivity contribution < 1.29 is 73.2 Å². The zero-order chi connectivity index (χ0) is 86.7. The number of rotatable bonds is 43. The van der Waals surface area contributed by atoms with Crippen LogP contribution in [0.5, 0.6) is 34.5 Å². The number of carboxylic acids is 3. The number of phenolic OH excluding ortho intramolecular Hbond substituents is 2. The highest BCUT2D eigenvalue weighted by Gasteiger charge is 2.38. The van der Waals surface area contributed by atoms with Crippen LogP contribution in [0.4, 0.5) is 0 Å². The molecule has 4 aliphatic rings. The quantitative estimate of drug-likeness (QED) is 0.0201. The van der Waals surface area contributed by atoms with Crippen molar-refractivity contribution in [1.82, 2.24) is 0 Å². The molecule has 0 amide bonds. The predicted octanol–water partition coefficient (Wildman–Crippen LogP) is 28.1. The maximum atomic E-state index is 12.2. The van der Waals surface area contributed by atoms with Gasteiger partial charge in [0.1, 0.15) is 62.9 Å². The van der Waals surface area contributed by atoms with E-state index in [1.807, 2.05) is 48.5 Å². The van der Waals surface area contributed by atoms with E-state index in [9.17, 15) is 39.0 Å². The van der Waals surface area contributed by atoms with E-state index < -0.39 is 23.9 Å². The van der Waals surface area contributed by atoms with Crippen LogP contribution >= 0.6 is 0 Å². The molecule has 1 fully saturated rings. The highest BCUT2D eigenvalue weighted by Crippen LogP contribution is 2.48. The van der Waals surface area contributed by atoms with Crippen molar-refractivity contribution in [1.29, 1.82) is 0 Å². The fourth-order valence-electron chi connectivity index (χ4n) is 17.2. The summed E-state index contributed by atoms with van der Waals surface area (Å²) in [5.74, 6) is 8.54. The Morgan fingerprint density at radius 1 is 0.333 bits per heavy atom. The smallest absolute Gasteiger partial charge is 0.311 e. The van der Waals surface area contributed by atoms with Crippen LogP contribution in [0.15, 0.2) is 0 Å². The largest absolute Gasteiger partial charge is 0.507 e. The number of benzene rings is 3. The normalized spacial score (nSPS) is 18.7. The lowest BCUT2D eigenvalue weighted by Crippen LogP contribution is -2.37. The van der Waals surface area contributed by atoms with Gasteiger partial charge in [-0.25, -0.2) is 0 Å². The molecule has 15 heteroatoms. The van der Waals surface area contributed by atoms with E-state index in [4.69, 9.17) is 34.3 Å². The van der Waals surface area contributed by atoms with E-state index in [0.29, 0.717) is 30.1 Å². The summed E-state index contributed by atoms with van der Waals surface area (Å²) in [6, 6.07) is 0. The second kappa shape index (κ2) is 54.3. The molecule has 9 atom stereocenters. The van der Waals surface area contributed by atoms with Gasteiger partial charge in [-0.15, -0.1) is 0 Å². The number of Topliss-reactive ketones (excluding diaryl/α,β-unsaturated/α-hetero) is 2. The Morgan fingerprint density at radius 3 is 0.821 bits per heavy atom. The van der Waals surface area contributed by atoms with E-state index in [2.05, 4.69) is 118 Å². The molecule has 0 radical (unpaired) electrons. The standard InChI is InChI=1S/C33H54O5.2C29H50O2.C5H6O2.C4H6O4.2CH4/c1-22(2)12-9-13-23(3)14-10-15-24(4)16-11-20-33(8)21-19-28-27(7)31(25(5)26(6)32(28)38-33)37-30(36)18-17-29(34)35;2*1-20(2)12-9-13-21(3)14-10-15-22(4)16-11-18-29(8)19-17-26-25(7)27(30)23(5)24(6)28(26)31-29;6-4-1-2-5(7)3-4;5-3(6)1-2-4(7)8;;/h22-24H,9-21H2,1-8H3,(H,34,35);2*20-22,30H,9-19H2,1-8H3;1-3H2;1-2H2,(H,5,6)(H,7,8);2*1H4. The van der Waals surface area contributed by atoms with Crippen molar-refractivity contribution in [3.8, 4) is 34.5 Å². The molecular formula is C102H174O15. The average Bonchev–Trinajstić information content (AvgIpc) is 1.33. The van der Waals surface area contributed by atoms with Crippen LogP contribution < -0.4 is 18.9 Å². The predicted molar refractivity (Wildman–Crippen MR) is 486 cm³/mol. The first kappa shape index (κ1) is 109. The summed E-state index contributed by atoms with van der Waals surface area (Å²) in [5.41, 5.74) is 12.2. The van der Waals surface area contributed by atoms with Gasteiger partial charge in [0.2, 0.25) is 0 Å². The molecule has 7 rings (SSSR count). The Hall–Kier alpha value is -6.12. The summed E-state index contributed by atoms with van der Waals surface area (Å²) in [4.78, 5) is 62.8. The van der Waals surface area contributed by atoms with Gasteiger partial charge in [0.05, 0.1) is 32.1 Å². The third-order valence-electron chi connectivity index (χ3n) is 26.0. The molecule has 9 unspecified atom stereocenters. The van der Waals surface area contributed by atoms with Crippen molar-refractivity contribution in [2.45, 2.75) is 455 Å². The number of carbonyl (C=O) groups excluding carboxylic acids is 3. The highest BCUT2D eigenvalue weighted by atomic mass is 16.5. The summed E-state index contributed by atoms with van der Waals surface area (Å²) < 4.78 is 25.5. The van der Waals surface area contributed by atoms with Gasteiger partial charge in [0.25, 0.3) is 0 Å². The van der Waals surface area contributed by atoms with Gasteiger partial charge in [0, 0.05) is 29.5 Å². The second-order valence-electron chi connectivity index (χ2n) is 38.7. The second-order valence-corrected chi connectivity index (χ2v) is 38.7. The van der Waals surface area contributed by atoms with Crippen LogP contribution in [0.25, 0.3) is 0 Å². The molecule has 672 valence electrons. The molecule has 3 aromatic carbocycles. The fourth-order valence-corrected chi connectivity index (χ4v) is 17.2. The van der Waals surface area contributed by atoms with Gasteiger partial charge in [-0.3, -0.25) is 28.8 Å². The van der Waals surface area contributed by atoms with Crippen molar-refractivity contribution in [2.24, 2.45) is 53.3 Å². The molecule has 0 bridgehead atoms. The molecule has 3 aliphatic heterocycles. The summed E-state index contributed by atoms with van der Waals surface area (Å²) in [7, 11) is 0. The minimum absolute atomic E-state index is 0. The number of ketones is 2. The van der Waals surface area contributed by atoms with Crippen molar-refractivity contribution in [3.63, 3.8) is 0 Å². The SMILES string of the molecule is C.C.Cc1c(C)c2c(c(C)c1O)CCC(C)(CCCC(C)CCCC(C)CCCC(C)C)O2.Cc1c(C)c2c(c(C)c1O)CCC(C)(CCCC(C)CCCC(C)CCCC(C)C)O2.Cc1c(C)c2c(c(C)c1OC(=O)CCC(=O)O)CCC(C)(CCCC(C)CCCC(C)CCCC(C)C)O2.O=C(O)CCC(=O)O.O=C1CCC(=O)C1. The number of hydrogen-bond acceptors (Lipinski definition) is 12. The summed E-state index contributed by atoms with van der Waals surface area (Å²) in [6.07, 6.45) is 41.7. The van der Waals surface area contributed by atoms with Crippen LogP contribution in [-0.4, -0.2) is 77.8 Å². The molecule has 3 heterocycles. The third-order valence-corrected chi connectivity index (χ3v) is 26.0. The minimum Gasteiger partial charge on any atom is -0.507 e. The van der Waals surface area contributed by atoms with E-state index in [-0.39, 0.29) is 75.3 Å². The number of hydrogen-bond donors (Lipinski definition) is 5. The fraction of sp³-hybridized carbons (Fsp3) is 0.765. The monoisotopic (exact) mass is 1640 g/mol. The molecule has 5 N–H and O–H groups in total. The Balaban J connectivity index is 0.000000799. The van der Waals surface area contributed by atoms with E-state index in [0.717, 1.165) is 184 Å². The Kier molecular flexibility index (Phi) is 50.5. The number of esters is 1. The number of aliphatic carboxylic acids is 3. The van der Waals surface area contributed by atoms with Crippen LogP contribution in [0.3, 0.4) is 0 Å². The Morgan fingerprint density at radius 2 is 0.573 bits per heavy atom. The van der Waals surface area contributed by atoms with Crippen LogP contribution in [0, 0.1) is 116 Å². The molecule has 3 aromatic rings. The van der Waals surface area contributed by atoms with Gasteiger partial charge >= 0.3 is 23.9 Å². The molecule has 0 spiro atoms. The van der Waals surface area contributed by atoms with E-state index in [1.54, 1.807) is 0 Å². The van der Waals surface area contributed by atoms with E-state index in [1.165, 1.54) is 165 Å². The molecule has 15 nitrogen and oxygen atoms in total. The lowest BCUT2D eigenvalue weighted by Gasteiger charge is -2.38. The lowest BCUT2D eigenvalue weighted by atomic mass is 9.83. The van der Waals surface area contributed by atoms with Gasteiger partial charge < -0.3 is 44.5 Å². The third kappa shape index (κ3) is 40.0. The minimum atomic E-state index is -1.08. The number of aromatic hydroxyl groups is 2. The Labute approximate surface area is 714 Å². The zero-order valence-electron chi connectivity index (χ0n) is 77.3. The van der Waals surface area contributed by atoms with Gasteiger partial charge in [-0.2, -0.15) is 0 Å². The van der Waals surface area contributed by atoms with Crippen LogP contribution in [-0.2, 0) is 48.0 Å². The van der Waals surface area contributed by atoms with Crippen LogP contribution in [0.1, 0.15) is 423 Å². The number of fused-ring (bicyclic) bond motifs is 3. The number of carbonyl (C=O) groups is 6. The Bertz CT molecular complexity index is 3360. The summed E-state index contributed by atoms with van der Waals surface area (Å²) in [6.45, 7) is 53.5. The maximum absolute atomic E-state index is 12.2. The van der Waals surface area contributed by atoms with Gasteiger partial charge in [0.15, 0.2) is 0 Å².